The number of rotatable bonds is 3. The number of hydrogen-bond acceptors (Lipinski definition) is 7. The first kappa shape index (κ1) is 28.8. The summed E-state index contributed by atoms with van der Waals surface area (Å²) in [5, 5.41) is 14.2. The number of Topliss-reactive ketones (excluding diaryl/α,β-unsaturated/α-hetero) is 1. The number of esters is 1. The van der Waals surface area contributed by atoms with E-state index in [0.29, 0.717) is 22.9 Å². The Morgan fingerprint density at radius 1 is 1.16 bits per heavy atom. The molecule has 43 heavy (non-hydrogen) atoms. The minimum atomic E-state index is -1.85. The van der Waals surface area contributed by atoms with E-state index in [4.69, 9.17) is 18.9 Å². The molecule has 1 N–H and O–H groups in total. The molecule has 8 nitrogen and oxygen atoms in total. The van der Waals surface area contributed by atoms with Crippen molar-refractivity contribution in [3.05, 3.63) is 52.8 Å². The van der Waals surface area contributed by atoms with Crippen molar-refractivity contribution in [1.29, 1.82) is 0 Å². The zero-order valence-electron chi connectivity index (χ0n) is 26.6. The van der Waals surface area contributed by atoms with Gasteiger partial charge in [-0.3, -0.25) is 4.79 Å². The summed E-state index contributed by atoms with van der Waals surface area (Å²) >= 11 is 0. The van der Waals surface area contributed by atoms with Gasteiger partial charge in [0.1, 0.15) is 17.5 Å². The van der Waals surface area contributed by atoms with Crippen LogP contribution in [-0.4, -0.2) is 58.7 Å². The van der Waals surface area contributed by atoms with Crippen LogP contribution in [0.25, 0.3) is 10.9 Å². The van der Waals surface area contributed by atoms with Crippen molar-refractivity contribution in [3.8, 4) is 5.75 Å². The predicted octanol–water partition coefficient (Wildman–Crippen LogP) is 5.29. The van der Waals surface area contributed by atoms with Crippen LogP contribution in [0.5, 0.6) is 5.75 Å². The third-order valence-electron chi connectivity index (χ3n) is 11.7. The molecular formula is C35H43NO7. The van der Waals surface area contributed by atoms with Crippen LogP contribution < -0.4 is 4.74 Å². The van der Waals surface area contributed by atoms with Gasteiger partial charge in [-0.25, -0.2) is 4.79 Å². The Bertz CT molecular complexity index is 1640. The molecule has 2 bridgehead atoms. The van der Waals surface area contributed by atoms with Gasteiger partial charge in [0, 0.05) is 23.9 Å². The Morgan fingerprint density at radius 3 is 2.58 bits per heavy atom. The van der Waals surface area contributed by atoms with Crippen molar-refractivity contribution in [3.63, 3.8) is 0 Å². The monoisotopic (exact) mass is 589 g/mol. The molecule has 230 valence electrons. The van der Waals surface area contributed by atoms with Crippen molar-refractivity contribution in [2.24, 2.45) is 41.5 Å². The number of hydrogen-bond donors (Lipinski definition) is 1. The summed E-state index contributed by atoms with van der Waals surface area (Å²) in [4.78, 5) is 29.1. The summed E-state index contributed by atoms with van der Waals surface area (Å²) in [7, 11) is 3.44. The average molecular weight is 590 g/mol. The molecule has 3 fully saturated rings. The number of nitrogens with zero attached hydrogens (tertiary/aromatic N) is 1. The molecule has 2 saturated carbocycles. The number of ether oxygens (including phenoxy) is 4. The summed E-state index contributed by atoms with van der Waals surface area (Å²) in [6.45, 7) is 14.2. The van der Waals surface area contributed by atoms with Crippen molar-refractivity contribution in [2.45, 2.75) is 78.5 Å². The van der Waals surface area contributed by atoms with Gasteiger partial charge >= 0.3 is 5.97 Å². The highest BCUT2D eigenvalue weighted by Crippen LogP contribution is 2.72. The molecular weight excluding hydrogens is 546 g/mol. The van der Waals surface area contributed by atoms with Gasteiger partial charge in [-0.05, 0) is 92.2 Å². The highest BCUT2D eigenvalue weighted by molar-refractivity contribution is 6.00. The van der Waals surface area contributed by atoms with Crippen LogP contribution in [0.1, 0.15) is 64.0 Å². The van der Waals surface area contributed by atoms with Crippen molar-refractivity contribution < 1.29 is 33.6 Å². The minimum absolute atomic E-state index is 0.00494. The molecule has 0 amide bonds. The minimum Gasteiger partial charge on any atom is -0.497 e. The van der Waals surface area contributed by atoms with Crippen LogP contribution in [0.3, 0.4) is 0 Å². The fraction of sp³-hybridized carbons (Fsp3) is 0.600. The number of benzene rings is 1. The second kappa shape index (κ2) is 8.83. The first-order valence-electron chi connectivity index (χ1n) is 15.4. The van der Waals surface area contributed by atoms with Crippen molar-refractivity contribution in [2.75, 3.05) is 13.7 Å². The normalized spacial score (nSPS) is 38.6. The number of aryl methyl sites for hydroxylation is 2. The Hall–Kier alpha value is -2.94. The lowest BCUT2D eigenvalue weighted by Crippen LogP contribution is -2.68. The molecule has 7 rings (SSSR count). The maximum atomic E-state index is 14.9. The fourth-order valence-electron chi connectivity index (χ4n) is 9.49. The highest BCUT2D eigenvalue weighted by Gasteiger charge is 2.77. The van der Waals surface area contributed by atoms with E-state index in [1.807, 2.05) is 69.7 Å². The van der Waals surface area contributed by atoms with Gasteiger partial charge in [0.25, 0.3) is 0 Å². The molecule has 8 atom stereocenters. The Labute approximate surface area is 253 Å². The van der Waals surface area contributed by atoms with E-state index in [2.05, 4.69) is 20.8 Å². The van der Waals surface area contributed by atoms with Crippen LogP contribution >= 0.6 is 0 Å². The van der Waals surface area contributed by atoms with E-state index in [1.54, 1.807) is 7.11 Å². The van der Waals surface area contributed by atoms with Gasteiger partial charge in [0.2, 0.25) is 0 Å². The van der Waals surface area contributed by atoms with Crippen molar-refractivity contribution >= 4 is 22.7 Å². The zero-order valence-corrected chi connectivity index (χ0v) is 26.6. The quantitative estimate of drug-likeness (QED) is 0.384. The fourth-order valence-corrected chi connectivity index (χ4v) is 9.49. The van der Waals surface area contributed by atoms with Crippen LogP contribution in [0.4, 0.5) is 0 Å². The SMILES string of the molecule is COc1ccc2c(c1)c(C)c(C(=O)O[C@H]1C(C)=C[C@]34C(=O)[C@@H](C=C5COC(C)(C)O[C@H]5[C@]13O)[C@H]1[C@@H](C[C@H]4C)C1(C)C)n2C. The smallest absolute Gasteiger partial charge is 0.355 e. The van der Waals surface area contributed by atoms with Crippen molar-refractivity contribution in [1.82, 2.24) is 4.57 Å². The Kier molecular flexibility index (Phi) is 5.91. The van der Waals surface area contributed by atoms with Gasteiger partial charge < -0.3 is 28.6 Å². The summed E-state index contributed by atoms with van der Waals surface area (Å²) in [6.07, 6.45) is 2.75. The number of fused-ring (bicyclic) bond motifs is 6. The average Bonchev–Trinajstić information content (AvgIpc) is 3.32. The van der Waals surface area contributed by atoms with E-state index < -0.39 is 35.0 Å². The molecule has 1 aliphatic heterocycles. The topological polar surface area (TPSA) is 96.2 Å². The number of methoxy groups -OCH3 is 1. The van der Waals surface area contributed by atoms with Gasteiger partial charge in [-0.1, -0.05) is 32.9 Å². The van der Waals surface area contributed by atoms with Gasteiger partial charge in [0.05, 0.1) is 19.1 Å². The molecule has 1 spiro atoms. The molecule has 1 aromatic heterocycles. The van der Waals surface area contributed by atoms with Gasteiger partial charge in [-0.2, -0.15) is 0 Å². The van der Waals surface area contributed by atoms with Gasteiger partial charge in [-0.15, -0.1) is 0 Å². The second-order valence-corrected chi connectivity index (χ2v) is 14.7. The number of carbonyl (C=O) groups is 2. The summed E-state index contributed by atoms with van der Waals surface area (Å²) in [5.74, 6) is -0.906. The van der Waals surface area contributed by atoms with E-state index >= 15 is 0 Å². The molecule has 8 heteroatoms. The second-order valence-electron chi connectivity index (χ2n) is 14.7. The third-order valence-corrected chi connectivity index (χ3v) is 11.7. The highest BCUT2D eigenvalue weighted by atomic mass is 16.7. The molecule has 1 saturated heterocycles. The maximum absolute atomic E-state index is 14.9. The number of allylic oxidation sites excluding steroid dienone is 1. The van der Waals surface area contributed by atoms with E-state index in [-0.39, 0.29) is 35.6 Å². The molecule has 5 aliphatic rings. The molecule has 2 aromatic rings. The van der Waals surface area contributed by atoms with Crippen LogP contribution in [0.2, 0.25) is 0 Å². The maximum Gasteiger partial charge on any atom is 0.355 e. The molecule has 2 heterocycles. The first-order valence-corrected chi connectivity index (χ1v) is 15.4. The Morgan fingerprint density at radius 2 is 1.88 bits per heavy atom. The van der Waals surface area contributed by atoms with Crippen LogP contribution in [-0.2, 0) is 26.1 Å². The van der Waals surface area contributed by atoms with E-state index in [1.165, 1.54) is 0 Å². The summed E-state index contributed by atoms with van der Waals surface area (Å²) in [5.41, 5.74) is 0.311. The van der Waals surface area contributed by atoms with E-state index in [9.17, 15) is 14.7 Å². The molecule has 0 radical (unpaired) electrons. The number of ketones is 1. The van der Waals surface area contributed by atoms with E-state index in [0.717, 1.165) is 28.5 Å². The lowest BCUT2D eigenvalue weighted by Gasteiger charge is -2.52. The lowest BCUT2D eigenvalue weighted by molar-refractivity contribution is -0.302. The number of aromatic nitrogens is 1. The predicted molar refractivity (Wildman–Crippen MR) is 161 cm³/mol. The Balaban J connectivity index is 1.37. The molecule has 4 aliphatic carbocycles. The summed E-state index contributed by atoms with van der Waals surface area (Å²) in [6, 6.07) is 5.68. The number of carbonyl (C=O) groups excluding carboxylic acids is 2. The largest absolute Gasteiger partial charge is 0.497 e. The zero-order chi connectivity index (χ0) is 31.0. The van der Waals surface area contributed by atoms with Crippen LogP contribution in [0, 0.1) is 41.4 Å². The van der Waals surface area contributed by atoms with Crippen LogP contribution in [0.15, 0.2) is 41.5 Å². The first-order chi connectivity index (χ1) is 20.1. The number of aliphatic hydroxyl groups is 1. The summed E-state index contributed by atoms with van der Waals surface area (Å²) < 4.78 is 26.3. The van der Waals surface area contributed by atoms with Gasteiger partial charge in [0.15, 0.2) is 23.3 Å². The lowest BCUT2D eigenvalue weighted by atomic mass is 9.59. The molecule has 1 aromatic carbocycles. The molecule has 0 unspecified atom stereocenters. The third kappa shape index (κ3) is 3.54. The standard InChI is InChI=1S/C35H43NO7/c1-17-15-34-18(2)12-24-26(32(24,4)5)23(28(34)37)13-20-16-41-33(6,7)43-30(20)35(34,39)29(17)42-31(38)27-19(3)22-14-21(40-9)10-11-25(22)36(27)8/h10-11,13-15,18,23-24,26,29-30,39H,12,16H2,1-9H3/t18-,23+,24-,26+,29+,30-,34+,35-/m1/s1.